The zero-order chi connectivity index (χ0) is 19.2. The highest BCUT2D eigenvalue weighted by Gasteiger charge is 2.25. The Bertz CT molecular complexity index is 818. The number of nitrogens with zero attached hydrogens (tertiary/aromatic N) is 4. The fourth-order valence-electron chi connectivity index (χ4n) is 3.45. The van der Waals surface area contributed by atoms with Gasteiger partial charge in [-0.2, -0.15) is 0 Å². The summed E-state index contributed by atoms with van der Waals surface area (Å²) in [5, 5.41) is 6.77. The number of hydrogen-bond donors (Lipinski definition) is 2. The Kier molecular flexibility index (Phi) is 8.53. The molecular formula is C20H31IN6O. The molecule has 0 aliphatic carbocycles. The van der Waals surface area contributed by atoms with Gasteiger partial charge in [0.05, 0.1) is 5.69 Å². The molecule has 0 spiro atoms. The number of carbonyl (C=O) groups is 1. The van der Waals surface area contributed by atoms with E-state index in [0.29, 0.717) is 13.0 Å². The number of hydrogen-bond acceptors (Lipinski definition) is 3. The van der Waals surface area contributed by atoms with Gasteiger partial charge in [0.1, 0.15) is 5.65 Å². The minimum Gasteiger partial charge on any atom is -0.357 e. The summed E-state index contributed by atoms with van der Waals surface area (Å²) >= 11 is 0. The highest BCUT2D eigenvalue weighted by atomic mass is 127. The van der Waals surface area contributed by atoms with Gasteiger partial charge in [-0.05, 0) is 31.9 Å². The number of guanidine groups is 1. The molecule has 2 aromatic rings. The summed E-state index contributed by atoms with van der Waals surface area (Å²) in [5.41, 5.74) is 3.23. The van der Waals surface area contributed by atoms with Gasteiger partial charge in [-0.1, -0.05) is 13.0 Å². The first-order chi connectivity index (χ1) is 13.1. The third-order valence-corrected chi connectivity index (χ3v) is 4.89. The van der Waals surface area contributed by atoms with E-state index in [0.717, 1.165) is 49.8 Å². The third-order valence-electron chi connectivity index (χ3n) is 4.89. The van der Waals surface area contributed by atoms with Gasteiger partial charge in [0, 0.05) is 57.5 Å². The Hall–Kier alpha value is -1.84. The number of imidazole rings is 1. The molecule has 1 fully saturated rings. The lowest BCUT2D eigenvalue weighted by Gasteiger charge is -2.18. The van der Waals surface area contributed by atoms with Gasteiger partial charge in [0.2, 0.25) is 5.91 Å². The van der Waals surface area contributed by atoms with Crippen molar-refractivity contribution in [3.63, 3.8) is 0 Å². The van der Waals surface area contributed by atoms with Gasteiger partial charge in [-0.3, -0.25) is 9.79 Å². The number of likely N-dealkylation sites (tertiary alicyclic amines) is 1. The normalized spacial score (nSPS) is 16.9. The lowest BCUT2D eigenvalue weighted by atomic mass is 10.3. The van der Waals surface area contributed by atoms with Crippen molar-refractivity contribution >= 4 is 41.5 Å². The van der Waals surface area contributed by atoms with Crippen molar-refractivity contribution in [1.82, 2.24) is 24.9 Å². The highest BCUT2D eigenvalue weighted by Crippen LogP contribution is 2.11. The van der Waals surface area contributed by atoms with E-state index in [4.69, 9.17) is 9.98 Å². The van der Waals surface area contributed by atoms with Crippen LogP contribution in [0, 0.1) is 6.92 Å². The van der Waals surface area contributed by atoms with Crippen LogP contribution in [-0.4, -0.2) is 58.4 Å². The predicted molar refractivity (Wildman–Crippen MR) is 123 cm³/mol. The van der Waals surface area contributed by atoms with Crippen LogP contribution in [0.1, 0.15) is 37.9 Å². The van der Waals surface area contributed by atoms with Crippen molar-refractivity contribution in [3.8, 4) is 0 Å². The molecule has 0 aromatic carbocycles. The molecule has 28 heavy (non-hydrogen) atoms. The quantitative estimate of drug-likeness (QED) is 0.365. The van der Waals surface area contributed by atoms with E-state index in [2.05, 4.69) is 41.1 Å². The van der Waals surface area contributed by atoms with Crippen LogP contribution in [0.5, 0.6) is 0 Å². The van der Waals surface area contributed by atoms with Crippen LogP contribution in [0.3, 0.4) is 0 Å². The van der Waals surface area contributed by atoms with Crippen molar-refractivity contribution in [2.75, 3.05) is 26.2 Å². The van der Waals surface area contributed by atoms with Gasteiger partial charge in [0.15, 0.2) is 5.96 Å². The van der Waals surface area contributed by atoms with Crippen LogP contribution in [-0.2, 0) is 11.2 Å². The summed E-state index contributed by atoms with van der Waals surface area (Å²) in [7, 11) is 0. The summed E-state index contributed by atoms with van der Waals surface area (Å²) in [4.78, 5) is 23.2. The molecule has 7 nitrogen and oxygen atoms in total. The van der Waals surface area contributed by atoms with Gasteiger partial charge in [0.25, 0.3) is 0 Å². The first kappa shape index (κ1) is 22.4. The number of nitrogens with one attached hydrogen (secondary N) is 2. The van der Waals surface area contributed by atoms with Crippen molar-refractivity contribution < 1.29 is 4.79 Å². The maximum absolute atomic E-state index is 11.8. The number of fused-ring (bicyclic) bond motifs is 1. The SMILES string of the molecule is CCNC(=NCCc1cn2cccc(C)c2n1)NC1CCN(C(=O)CC)C1.I. The van der Waals surface area contributed by atoms with Crippen LogP contribution in [0.4, 0.5) is 0 Å². The lowest BCUT2D eigenvalue weighted by molar-refractivity contribution is -0.129. The highest BCUT2D eigenvalue weighted by molar-refractivity contribution is 14.0. The Morgan fingerprint density at radius 3 is 2.93 bits per heavy atom. The summed E-state index contributed by atoms with van der Waals surface area (Å²) in [5.74, 6) is 1.04. The second-order valence-electron chi connectivity index (χ2n) is 6.99. The van der Waals surface area contributed by atoms with Crippen LogP contribution in [0.15, 0.2) is 29.5 Å². The molecule has 3 heterocycles. The van der Waals surface area contributed by atoms with E-state index in [1.165, 1.54) is 5.56 Å². The van der Waals surface area contributed by atoms with Gasteiger partial charge in [-0.15, -0.1) is 24.0 Å². The maximum Gasteiger partial charge on any atom is 0.222 e. The fourth-order valence-corrected chi connectivity index (χ4v) is 3.45. The number of halogens is 1. The molecule has 0 radical (unpaired) electrons. The Balaban J connectivity index is 0.00000280. The molecular weight excluding hydrogens is 467 g/mol. The van der Waals surface area contributed by atoms with Crippen LogP contribution >= 0.6 is 24.0 Å². The molecule has 1 aliphatic rings. The standard InChI is InChI=1S/C20H30N6O.HI/c1-4-18(27)25-12-9-17(13-25)24-20(21-5-2)22-10-8-16-14-26-11-6-7-15(3)19(26)23-16;/h6-7,11,14,17H,4-5,8-10,12-13H2,1-3H3,(H2,21,22,24);1H. The summed E-state index contributed by atoms with van der Waals surface area (Å²) in [6.45, 7) is 9.10. The topological polar surface area (TPSA) is 74.0 Å². The fraction of sp³-hybridized carbons (Fsp3) is 0.550. The molecule has 8 heteroatoms. The maximum atomic E-state index is 11.8. The first-order valence-corrected chi connectivity index (χ1v) is 9.86. The molecule has 2 aromatic heterocycles. The number of rotatable bonds is 6. The first-order valence-electron chi connectivity index (χ1n) is 9.86. The molecule has 1 aliphatic heterocycles. The number of pyridine rings is 1. The summed E-state index contributed by atoms with van der Waals surface area (Å²) in [6, 6.07) is 4.37. The zero-order valence-corrected chi connectivity index (χ0v) is 19.3. The predicted octanol–water partition coefficient (Wildman–Crippen LogP) is 2.37. The van der Waals surface area contributed by atoms with E-state index in [1.54, 1.807) is 0 Å². The van der Waals surface area contributed by atoms with E-state index in [9.17, 15) is 4.79 Å². The van der Waals surface area contributed by atoms with Crippen LogP contribution < -0.4 is 10.6 Å². The number of aryl methyl sites for hydroxylation is 1. The average molecular weight is 498 g/mol. The van der Waals surface area contributed by atoms with Gasteiger partial charge >= 0.3 is 0 Å². The molecule has 1 atom stereocenters. The zero-order valence-electron chi connectivity index (χ0n) is 16.9. The van der Waals surface area contributed by atoms with Crippen molar-refractivity contribution in [2.24, 2.45) is 4.99 Å². The second kappa shape index (κ2) is 10.6. The molecule has 1 unspecified atom stereocenters. The molecule has 0 saturated carbocycles. The molecule has 154 valence electrons. The number of aliphatic imine (C=N–C) groups is 1. The number of aromatic nitrogens is 2. The monoisotopic (exact) mass is 498 g/mol. The van der Waals surface area contributed by atoms with E-state index < -0.39 is 0 Å². The van der Waals surface area contributed by atoms with E-state index in [-0.39, 0.29) is 35.9 Å². The van der Waals surface area contributed by atoms with E-state index >= 15 is 0 Å². The Morgan fingerprint density at radius 2 is 2.21 bits per heavy atom. The van der Waals surface area contributed by atoms with Crippen molar-refractivity contribution in [1.29, 1.82) is 0 Å². The van der Waals surface area contributed by atoms with Crippen LogP contribution in [0.2, 0.25) is 0 Å². The molecule has 0 bridgehead atoms. The summed E-state index contributed by atoms with van der Waals surface area (Å²) in [6.07, 6.45) is 6.42. The number of amides is 1. The lowest BCUT2D eigenvalue weighted by Crippen LogP contribution is -2.45. The largest absolute Gasteiger partial charge is 0.357 e. The minimum atomic E-state index is 0. The summed E-state index contributed by atoms with van der Waals surface area (Å²) < 4.78 is 2.07. The van der Waals surface area contributed by atoms with Crippen molar-refractivity contribution in [3.05, 3.63) is 35.8 Å². The third kappa shape index (κ3) is 5.59. The smallest absolute Gasteiger partial charge is 0.222 e. The second-order valence-corrected chi connectivity index (χ2v) is 6.99. The van der Waals surface area contributed by atoms with Gasteiger partial charge in [-0.25, -0.2) is 4.98 Å². The average Bonchev–Trinajstić information content (AvgIpc) is 3.29. The van der Waals surface area contributed by atoms with E-state index in [1.807, 2.05) is 24.1 Å². The molecule has 1 amide bonds. The molecule has 2 N–H and O–H groups in total. The Morgan fingerprint density at radius 1 is 1.39 bits per heavy atom. The molecule has 3 rings (SSSR count). The minimum absolute atomic E-state index is 0. The molecule has 1 saturated heterocycles. The van der Waals surface area contributed by atoms with Crippen LogP contribution in [0.25, 0.3) is 5.65 Å². The van der Waals surface area contributed by atoms with Crippen molar-refractivity contribution in [2.45, 2.75) is 46.1 Å². The Labute approximate surface area is 184 Å². The van der Waals surface area contributed by atoms with Gasteiger partial charge < -0.3 is 19.9 Å². The number of carbonyl (C=O) groups excluding carboxylic acids is 1.